The van der Waals surface area contributed by atoms with Gasteiger partial charge in [-0.1, -0.05) is 45.4 Å². The van der Waals surface area contributed by atoms with Gasteiger partial charge in [0.05, 0.1) is 7.11 Å². The minimum Gasteiger partial charge on any atom is -0.496 e. The van der Waals surface area contributed by atoms with Gasteiger partial charge in [-0.15, -0.1) is 11.8 Å². The number of methoxy groups -OCH3 is 1. The molecule has 1 aromatic carbocycles. The monoisotopic (exact) mass is 258 g/mol. The molecule has 1 atom stereocenters. The van der Waals surface area contributed by atoms with Crippen LogP contribution in [0.1, 0.15) is 51.3 Å². The van der Waals surface area contributed by atoms with Crippen LogP contribution in [0.5, 0.6) is 5.75 Å². The summed E-state index contributed by atoms with van der Waals surface area (Å²) in [5.41, 5.74) is 3.92. The summed E-state index contributed by atoms with van der Waals surface area (Å²) in [5.74, 6) is 7.60. The maximum absolute atomic E-state index is 5.69. The van der Waals surface area contributed by atoms with Crippen molar-refractivity contribution in [3.05, 3.63) is 28.8 Å². The molecule has 0 bridgehead atoms. The molecule has 104 valence electrons. The fraction of sp³-hybridized carbons (Fsp3) is 0.556. The van der Waals surface area contributed by atoms with Crippen LogP contribution < -0.4 is 4.74 Å². The summed E-state index contributed by atoms with van der Waals surface area (Å²) >= 11 is 0. The van der Waals surface area contributed by atoms with Crippen molar-refractivity contribution in [1.29, 1.82) is 0 Å². The number of benzene rings is 1. The molecule has 0 fully saturated rings. The highest BCUT2D eigenvalue weighted by Crippen LogP contribution is 2.36. The summed E-state index contributed by atoms with van der Waals surface area (Å²) < 4.78 is 5.69. The summed E-state index contributed by atoms with van der Waals surface area (Å²) in [6.07, 6.45) is 0.939. The van der Waals surface area contributed by atoms with Crippen LogP contribution in [0.3, 0.4) is 0 Å². The van der Waals surface area contributed by atoms with Crippen LogP contribution in [0.15, 0.2) is 12.1 Å². The first-order chi connectivity index (χ1) is 8.79. The van der Waals surface area contributed by atoms with E-state index in [1.54, 1.807) is 7.11 Å². The van der Waals surface area contributed by atoms with E-state index in [9.17, 15) is 0 Å². The van der Waals surface area contributed by atoms with Crippen LogP contribution in [0.25, 0.3) is 0 Å². The first-order valence-electron chi connectivity index (χ1n) is 6.89. The zero-order chi connectivity index (χ0) is 14.6. The first kappa shape index (κ1) is 15.6. The molecule has 1 heteroatoms. The molecule has 0 amide bonds. The summed E-state index contributed by atoms with van der Waals surface area (Å²) in [6.45, 7) is 12.9. The molecule has 0 aliphatic heterocycles. The van der Waals surface area contributed by atoms with E-state index >= 15 is 0 Å². The smallest absolute Gasteiger partial charge is 0.125 e. The van der Waals surface area contributed by atoms with Gasteiger partial charge in [0, 0.05) is 11.5 Å². The van der Waals surface area contributed by atoms with Crippen LogP contribution in [0.4, 0.5) is 0 Å². The number of aryl methyl sites for hydroxylation is 1. The molecule has 0 aromatic heterocycles. The second-order valence-electron chi connectivity index (χ2n) is 6.25. The Labute approximate surface area is 118 Å². The van der Waals surface area contributed by atoms with Gasteiger partial charge in [0.1, 0.15) is 5.75 Å². The molecule has 0 N–H and O–H groups in total. The Morgan fingerprint density at radius 1 is 1.26 bits per heavy atom. The predicted octanol–water partition coefficient (Wildman–Crippen LogP) is 4.50. The Bertz CT molecular complexity index is 495. The third-order valence-corrected chi connectivity index (χ3v) is 3.24. The molecule has 0 heterocycles. The Morgan fingerprint density at radius 2 is 1.89 bits per heavy atom. The molecule has 1 nitrogen and oxygen atoms in total. The van der Waals surface area contributed by atoms with Crippen molar-refractivity contribution in [3.63, 3.8) is 0 Å². The number of hydrogen-bond donors (Lipinski definition) is 0. The normalized spacial score (nSPS) is 12.6. The van der Waals surface area contributed by atoms with Gasteiger partial charge in [-0.25, -0.2) is 0 Å². The van der Waals surface area contributed by atoms with Crippen molar-refractivity contribution in [3.8, 4) is 17.6 Å². The van der Waals surface area contributed by atoms with Gasteiger partial charge < -0.3 is 4.74 Å². The van der Waals surface area contributed by atoms with Crippen molar-refractivity contribution in [2.75, 3.05) is 7.11 Å². The highest BCUT2D eigenvalue weighted by molar-refractivity contribution is 5.48. The van der Waals surface area contributed by atoms with Gasteiger partial charge in [-0.2, -0.15) is 0 Å². The van der Waals surface area contributed by atoms with Gasteiger partial charge in [0.2, 0.25) is 0 Å². The predicted molar refractivity (Wildman–Crippen MR) is 82.7 cm³/mol. The van der Waals surface area contributed by atoms with Crippen molar-refractivity contribution >= 4 is 0 Å². The molecule has 0 aliphatic carbocycles. The van der Waals surface area contributed by atoms with E-state index in [1.165, 1.54) is 16.7 Å². The second kappa shape index (κ2) is 6.15. The highest BCUT2D eigenvalue weighted by Gasteiger charge is 2.22. The minimum atomic E-state index is 0.0891. The number of hydrogen-bond acceptors (Lipinski definition) is 1. The van der Waals surface area contributed by atoms with E-state index in [0.717, 1.165) is 12.2 Å². The molecular weight excluding hydrogens is 232 g/mol. The standard InChI is InChI=1S/C18H26O/c1-8-9-13(2)10-15-11-14(3)12-16(17(15)19-7)18(4,5)6/h11-13H,10H2,1-7H3. The maximum atomic E-state index is 5.69. The van der Waals surface area contributed by atoms with Crippen LogP contribution in [-0.2, 0) is 11.8 Å². The topological polar surface area (TPSA) is 9.23 Å². The molecular formula is C18H26O. The third-order valence-electron chi connectivity index (χ3n) is 3.24. The van der Waals surface area contributed by atoms with Crippen molar-refractivity contribution in [2.45, 2.75) is 53.4 Å². The fourth-order valence-electron chi connectivity index (χ4n) is 2.43. The third kappa shape index (κ3) is 4.03. The van der Waals surface area contributed by atoms with E-state index in [4.69, 9.17) is 4.74 Å². The number of ether oxygens (including phenoxy) is 1. The average molecular weight is 258 g/mol. The van der Waals surface area contributed by atoms with Crippen LogP contribution in [0.2, 0.25) is 0 Å². The zero-order valence-electron chi connectivity index (χ0n) is 13.3. The summed E-state index contributed by atoms with van der Waals surface area (Å²) in [4.78, 5) is 0. The molecule has 0 spiro atoms. The molecule has 1 rings (SSSR count). The Kier molecular flexibility index (Phi) is 5.06. The summed E-state index contributed by atoms with van der Waals surface area (Å²) in [5, 5.41) is 0. The highest BCUT2D eigenvalue weighted by atomic mass is 16.5. The molecule has 0 aliphatic rings. The van der Waals surface area contributed by atoms with Gasteiger partial charge in [-0.05, 0) is 31.2 Å². The molecule has 1 unspecified atom stereocenters. The quantitative estimate of drug-likeness (QED) is 0.725. The van der Waals surface area contributed by atoms with Gasteiger partial charge in [-0.3, -0.25) is 0 Å². The first-order valence-corrected chi connectivity index (χ1v) is 6.89. The van der Waals surface area contributed by atoms with Gasteiger partial charge in [0.25, 0.3) is 0 Å². The second-order valence-corrected chi connectivity index (χ2v) is 6.25. The van der Waals surface area contributed by atoms with E-state index < -0.39 is 0 Å². The fourth-order valence-corrected chi connectivity index (χ4v) is 2.43. The summed E-state index contributed by atoms with van der Waals surface area (Å²) in [6, 6.07) is 4.46. The van der Waals surface area contributed by atoms with Crippen LogP contribution >= 0.6 is 0 Å². The molecule has 0 saturated carbocycles. The maximum Gasteiger partial charge on any atom is 0.125 e. The van der Waals surface area contributed by atoms with Crippen molar-refractivity contribution in [2.24, 2.45) is 5.92 Å². The molecule has 1 aromatic rings. The molecule has 0 saturated heterocycles. The van der Waals surface area contributed by atoms with Crippen molar-refractivity contribution in [1.82, 2.24) is 0 Å². The Hall–Kier alpha value is -1.42. The SMILES string of the molecule is CC#CC(C)Cc1cc(C)cc(C(C)(C)C)c1OC. The lowest BCUT2D eigenvalue weighted by Gasteiger charge is -2.25. The Morgan fingerprint density at radius 3 is 2.37 bits per heavy atom. The van der Waals surface area contributed by atoms with Crippen molar-refractivity contribution < 1.29 is 4.74 Å². The van der Waals surface area contributed by atoms with Crippen LogP contribution in [-0.4, -0.2) is 7.11 Å². The van der Waals surface area contributed by atoms with E-state index in [1.807, 2.05) is 6.92 Å². The number of rotatable bonds is 3. The molecule has 0 radical (unpaired) electrons. The van der Waals surface area contributed by atoms with Gasteiger partial charge >= 0.3 is 0 Å². The van der Waals surface area contributed by atoms with Gasteiger partial charge in [0.15, 0.2) is 0 Å². The Balaban J connectivity index is 3.30. The van der Waals surface area contributed by atoms with E-state index in [2.05, 4.69) is 58.6 Å². The zero-order valence-corrected chi connectivity index (χ0v) is 13.3. The lowest BCUT2D eigenvalue weighted by Crippen LogP contribution is -2.15. The lowest BCUT2D eigenvalue weighted by atomic mass is 9.83. The van der Waals surface area contributed by atoms with Crippen LogP contribution in [0, 0.1) is 24.7 Å². The van der Waals surface area contributed by atoms with E-state index in [-0.39, 0.29) is 5.41 Å². The largest absolute Gasteiger partial charge is 0.496 e. The summed E-state index contributed by atoms with van der Waals surface area (Å²) in [7, 11) is 1.76. The molecule has 19 heavy (non-hydrogen) atoms. The minimum absolute atomic E-state index is 0.0891. The average Bonchev–Trinajstić information content (AvgIpc) is 2.27. The van der Waals surface area contributed by atoms with E-state index in [0.29, 0.717) is 5.92 Å². The lowest BCUT2D eigenvalue weighted by molar-refractivity contribution is 0.391.